The molecule has 1 aromatic carbocycles. The van der Waals surface area contributed by atoms with Crippen molar-refractivity contribution in [2.24, 2.45) is 0 Å². The average molecular weight is 290 g/mol. The summed E-state index contributed by atoms with van der Waals surface area (Å²) in [6, 6.07) is 9.11. The molecule has 1 aliphatic rings. The van der Waals surface area contributed by atoms with Crippen LogP contribution in [0.25, 0.3) is 0 Å². The van der Waals surface area contributed by atoms with Gasteiger partial charge in [-0.05, 0) is 50.4 Å². The molecular weight excluding hydrogens is 260 g/mol. The zero-order valence-corrected chi connectivity index (χ0v) is 14.0. The monoisotopic (exact) mass is 290 g/mol. The van der Waals surface area contributed by atoms with Gasteiger partial charge in [0.15, 0.2) is 0 Å². The fraction of sp³-hybridized carbons (Fsp3) is 0.667. The smallest absolute Gasteiger partial charge is 0.0777 e. The normalized spacial score (nSPS) is 25.0. The molecule has 1 fully saturated rings. The van der Waals surface area contributed by atoms with Crippen LogP contribution in [0.5, 0.6) is 0 Å². The third kappa shape index (κ3) is 4.53. The lowest BCUT2D eigenvalue weighted by atomic mass is 9.94. The van der Waals surface area contributed by atoms with Crippen LogP contribution in [0.3, 0.4) is 0 Å². The molecule has 0 aromatic heterocycles. The summed E-state index contributed by atoms with van der Waals surface area (Å²) < 4.78 is 5.68. The molecular formula is C18H30N2O. The van der Waals surface area contributed by atoms with E-state index in [1.54, 1.807) is 0 Å². The summed E-state index contributed by atoms with van der Waals surface area (Å²) in [6.07, 6.45) is 2.39. The van der Waals surface area contributed by atoms with E-state index in [-0.39, 0.29) is 5.60 Å². The van der Waals surface area contributed by atoms with Crippen LogP contribution in [-0.2, 0) is 11.3 Å². The van der Waals surface area contributed by atoms with Gasteiger partial charge >= 0.3 is 0 Å². The number of ether oxygens (including phenoxy) is 1. The molecule has 3 nitrogen and oxygen atoms in total. The molecule has 1 saturated heterocycles. The molecule has 2 rings (SSSR count). The summed E-state index contributed by atoms with van der Waals surface area (Å²) >= 11 is 0. The Morgan fingerprint density at radius 3 is 2.67 bits per heavy atom. The first-order chi connectivity index (χ1) is 10.1. The van der Waals surface area contributed by atoms with E-state index < -0.39 is 0 Å². The fourth-order valence-corrected chi connectivity index (χ4v) is 3.24. The summed E-state index contributed by atoms with van der Waals surface area (Å²) in [5.74, 6) is 0.566. The molecule has 2 unspecified atom stereocenters. The zero-order valence-electron chi connectivity index (χ0n) is 14.0. The Balaban J connectivity index is 1.94. The third-order valence-electron chi connectivity index (χ3n) is 4.70. The standard InChI is InChI=1S/C18H30N2O/c1-15(12-19-3)17-8-6-16(7-9-17)13-20-11-5-10-18(2,14-20)21-4/h6-9,15,19H,5,10-14H2,1-4H3. The summed E-state index contributed by atoms with van der Waals surface area (Å²) in [4.78, 5) is 2.51. The van der Waals surface area contributed by atoms with Crippen LogP contribution in [0.4, 0.5) is 0 Å². The molecule has 0 aliphatic carbocycles. The number of methoxy groups -OCH3 is 1. The number of likely N-dealkylation sites (N-methyl/N-ethyl adjacent to an activating group) is 1. The molecule has 3 heteroatoms. The highest BCUT2D eigenvalue weighted by molar-refractivity contribution is 5.25. The quantitative estimate of drug-likeness (QED) is 0.871. The van der Waals surface area contributed by atoms with E-state index in [2.05, 4.69) is 48.3 Å². The van der Waals surface area contributed by atoms with Gasteiger partial charge in [-0.3, -0.25) is 4.90 Å². The van der Waals surface area contributed by atoms with E-state index in [1.807, 2.05) is 14.2 Å². The molecule has 0 spiro atoms. The molecule has 1 aromatic rings. The van der Waals surface area contributed by atoms with Gasteiger partial charge in [0.2, 0.25) is 0 Å². The first-order valence-electron chi connectivity index (χ1n) is 8.07. The van der Waals surface area contributed by atoms with Crippen LogP contribution in [0, 0.1) is 0 Å². The van der Waals surface area contributed by atoms with E-state index in [4.69, 9.17) is 4.74 Å². The van der Waals surface area contributed by atoms with Gasteiger partial charge in [-0.1, -0.05) is 31.2 Å². The molecule has 0 radical (unpaired) electrons. The van der Waals surface area contributed by atoms with E-state index in [0.717, 1.165) is 19.6 Å². The van der Waals surface area contributed by atoms with Gasteiger partial charge < -0.3 is 10.1 Å². The third-order valence-corrected chi connectivity index (χ3v) is 4.70. The SMILES string of the molecule is CNCC(C)c1ccc(CN2CCCC(C)(OC)C2)cc1. The van der Waals surface area contributed by atoms with E-state index in [9.17, 15) is 0 Å². The predicted molar refractivity (Wildman–Crippen MR) is 88.7 cm³/mol. The van der Waals surface area contributed by atoms with E-state index >= 15 is 0 Å². The summed E-state index contributed by atoms with van der Waals surface area (Å²) in [6.45, 7) is 8.75. The Morgan fingerprint density at radius 1 is 1.33 bits per heavy atom. The minimum atomic E-state index is 0.0273. The van der Waals surface area contributed by atoms with Crippen molar-refractivity contribution in [1.82, 2.24) is 10.2 Å². The highest BCUT2D eigenvalue weighted by Gasteiger charge is 2.30. The number of hydrogen-bond donors (Lipinski definition) is 1. The van der Waals surface area contributed by atoms with Crippen molar-refractivity contribution in [2.45, 2.75) is 44.8 Å². The maximum atomic E-state index is 5.68. The molecule has 1 aliphatic heterocycles. The topological polar surface area (TPSA) is 24.5 Å². The van der Waals surface area contributed by atoms with Gasteiger partial charge in [0, 0.05) is 26.7 Å². The van der Waals surface area contributed by atoms with Gasteiger partial charge in [0.05, 0.1) is 5.60 Å². The van der Waals surface area contributed by atoms with Gasteiger partial charge in [0.25, 0.3) is 0 Å². The molecule has 0 amide bonds. The van der Waals surface area contributed by atoms with Gasteiger partial charge in [-0.2, -0.15) is 0 Å². The van der Waals surface area contributed by atoms with Gasteiger partial charge in [-0.15, -0.1) is 0 Å². The van der Waals surface area contributed by atoms with Crippen LogP contribution in [0.2, 0.25) is 0 Å². The zero-order chi connectivity index (χ0) is 15.3. The molecule has 0 saturated carbocycles. The molecule has 21 heavy (non-hydrogen) atoms. The van der Waals surface area contributed by atoms with Gasteiger partial charge in [0.1, 0.15) is 0 Å². The summed E-state index contributed by atoms with van der Waals surface area (Å²) in [7, 11) is 3.84. The molecule has 1 heterocycles. The lowest BCUT2D eigenvalue weighted by Gasteiger charge is -2.39. The van der Waals surface area contributed by atoms with Crippen LogP contribution in [-0.4, -0.2) is 44.3 Å². The molecule has 2 atom stereocenters. The van der Waals surface area contributed by atoms with Crippen LogP contribution >= 0.6 is 0 Å². The molecule has 118 valence electrons. The minimum absolute atomic E-state index is 0.0273. The average Bonchev–Trinajstić information content (AvgIpc) is 2.48. The number of benzene rings is 1. The largest absolute Gasteiger partial charge is 0.377 e. The Kier molecular flexibility index (Phi) is 5.80. The van der Waals surface area contributed by atoms with Crippen molar-refractivity contribution in [3.05, 3.63) is 35.4 Å². The van der Waals surface area contributed by atoms with Crippen LogP contribution in [0.1, 0.15) is 43.7 Å². The Labute approximate surface area is 129 Å². The first-order valence-corrected chi connectivity index (χ1v) is 8.07. The van der Waals surface area contributed by atoms with E-state index in [0.29, 0.717) is 5.92 Å². The second-order valence-electron chi connectivity index (χ2n) is 6.67. The fourth-order valence-electron chi connectivity index (χ4n) is 3.24. The van der Waals surface area contributed by atoms with E-state index in [1.165, 1.54) is 30.5 Å². The second-order valence-corrected chi connectivity index (χ2v) is 6.67. The summed E-state index contributed by atoms with van der Waals surface area (Å²) in [5, 5.41) is 3.24. The van der Waals surface area contributed by atoms with Crippen molar-refractivity contribution in [2.75, 3.05) is 33.8 Å². The van der Waals surface area contributed by atoms with Crippen molar-refractivity contribution >= 4 is 0 Å². The maximum absolute atomic E-state index is 5.68. The highest BCUT2D eigenvalue weighted by Crippen LogP contribution is 2.25. The number of rotatable bonds is 6. The van der Waals surface area contributed by atoms with Crippen molar-refractivity contribution in [3.8, 4) is 0 Å². The minimum Gasteiger partial charge on any atom is -0.377 e. The summed E-state index contributed by atoms with van der Waals surface area (Å²) in [5.41, 5.74) is 2.84. The predicted octanol–water partition coefficient (Wildman–Crippen LogP) is 3.01. The van der Waals surface area contributed by atoms with Crippen molar-refractivity contribution in [1.29, 1.82) is 0 Å². The van der Waals surface area contributed by atoms with Crippen LogP contribution in [0.15, 0.2) is 24.3 Å². The number of likely N-dealkylation sites (tertiary alicyclic amines) is 1. The Hall–Kier alpha value is -0.900. The Morgan fingerprint density at radius 2 is 2.05 bits per heavy atom. The number of hydrogen-bond acceptors (Lipinski definition) is 3. The number of piperidine rings is 1. The second kappa shape index (κ2) is 7.39. The lowest BCUT2D eigenvalue weighted by Crippen LogP contribution is -2.46. The number of nitrogens with zero attached hydrogens (tertiary/aromatic N) is 1. The lowest BCUT2D eigenvalue weighted by molar-refractivity contribution is -0.0527. The van der Waals surface area contributed by atoms with Crippen LogP contribution < -0.4 is 5.32 Å². The van der Waals surface area contributed by atoms with Gasteiger partial charge in [-0.25, -0.2) is 0 Å². The van der Waals surface area contributed by atoms with Crippen molar-refractivity contribution < 1.29 is 4.74 Å². The number of nitrogens with one attached hydrogen (secondary N) is 1. The molecule has 1 N–H and O–H groups in total. The maximum Gasteiger partial charge on any atom is 0.0777 e. The highest BCUT2D eigenvalue weighted by atomic mass is 16.5. The molecule has 0 bridgehead atoms. The Bertz CT molecular complexity index is 431. The first kappa shape index (κ1) is 16.5. The van der Waals surface area contributed by atoms with Crippen molar-refractivity contribution in [3.63, 3.8) is 0 Å².